The third kappa shape index (κ3) is 4.56. The van der Waals surface area contributed by atoms with E-state index in [1.54, 1.807) is 0 Å². The second-order valence-electron chi connectivity index (χ2n) is 5.72. The van der Waals surface area contributed by atoms with Crippen LogP contribution in [0.15, 0.2) is 18.2 Å². The van der Waals surface area contributed by atoms with Crippen molar-refractivity contribution < 1.29 is 14.7 Å². The molecule has 120 valence electrons. The smallest absolute Gasteiger partial charge is 0.251 e. The highest BCUT2D eigenvalue weighted by molar-refractivity contribution is 5.96. The van der Waals surface area contributed by atoms with E-state index >= 15 is 0 Å². The van der Waals surface area contributed by atoms with Crippen LogP contribution in [-0.4, -0.2) is 36.1 Å². The fourth-order valence-electron chi connectivity index (χ4n) is 2.62. The molecule has 0 spiro atoms. The molecule has 1 aliphatic carbocycles. The van der Waals surface area contributed by atoms with Crippen LogP contribution in [0, 0.1) is 0 Å². The first-order valence-corrected chi connectivity index (χ1v) is 7.95. The van der Waals surface area contributed by atoms with Gasteiger partial charge in [-0.2, -0.15) is 0 Å². The van der Waals surface area contributed by atoms with Crippen molar-refractivity contribution in [2.75, 3.05) is 13.1 Å². The number of amides is 2. The molecule has 0 fully saturated rings. The van der Waals surface area contributed by atoms with Crippen LogP contribution in [-0.2, 0) is 17.6 Å². The summed E-state index contributed by atoms with van der Waals surface area (Å²) in [6, 6.07) is 5.74. The van der Waals surface area contributed by atoms with Crippen LogP contribution in [0.3, 0.4) is 0 Å². The van der Waals surface area contributed by atoms with Gasteiger partial charge in [-0.3, -0.25) is 9.59 Å². The topological polar surface area (TPSA) is 78.4 Å². The highest BCUT2D eigenvalue weighted by Gasteiger charge is 2.14. The third-order valence-corrected chi connectivity index (χ3v) is 4.04. The number of aliphatic hydroxyl groups excluding tert-OH is 1. The number of hydrogen-bond acceptors (Lipinski definition) is 3. The van der Waals surface area contributed by atoms with Gasteiger partial charge < -0.3 is 15.7 Å². The first-order valence-electron chi connectivity index (χ1n) is 7.95. The van der Waals surface area contributed by atoms with Crippen molar-refractivity contribution in [3.8, 4) is 0 Å². The van der Waals surface area contributed by atoms with E-state index in [-0.39, 0.29) is 24.5 Å². The fourth-order valence-corrected chi connectivity index (χ4v) is 2.62. The molecule has 5 heteroatoms. The van der Waals surface area contributed by atoms with Gasteiger partial charge in [-0.05, 0) is 55.4 Å². The lowest BCUT2D eigenvalue weighted by Gasteiger charge is -2.10. The molecular weight excluding hydrogens is 280 g/mol. The first kappa shape index (κ1) is 16.5. The molecule has 0 saturated carbocycles. The Balaban J connectivity index is 1.74. The minimum atomic E-state index is -0.388. The largest absolute Gasteiger partial charge is 0.393 e. The predicted octanol–water partition coefficient (Wildman–Crippen LogP) is 1.18. The number of nitrogens with one attached hydrogen (secondary N) is 2. The highest BCUT2D eigenvalue weighted by Crippen LogP contribution is 2.22. The molecule has 3 N–H and O–H groups in total. The Morgan fingerprint density at radius 1 is 1.23 bits per heavy atom. The van der Waals surface area contributed by atoms with Gasteiger partial charge in [0.2, 0.25) is 5.91 Å². The van der Waals surface area contributed by atoms with Crippen LogP contribution < -0.4 is 10.6 Å². The van der Waals surface area contributed by atoms with Gasteiger partial charge in [-0.1, -0.05) is 13.0 Å². The fraction of sp³-hybridized carbons (Fsp3) is 0.529. The Morgan fingerprint density at radius 2 is 2.00 bits per heavy atom. The van der Waals surface area contributed by atoms with Crippen molar-refractivity contribution in [2.24, 2.45) is 0 Å². The van der Waals surface area contributed by atoms with Gasteiger partial charge >= 0.3 is 0 Å². The number of rotatable bonds is 7. The molecule has 1 aliphatic rings. The summed E-state index contributed by atoms with van der Waals surface area (Å²) in [5.74, 6) is -0.462. The summed E-state index contributed by atoms with van der Waals surface area (Å²) in [5, 5.41) is 14.7. The zero-order valence-corrected chi connectivity index (χ0v) is 13.0. The normalized spacial score (nSPS) is 14.3. The van der Waals surface area contributed by atoms with E-state index in [1.165, 1.54) is 11.1 Å². The van der Waals surface area contributed by atoms with Crippen LogP contribution in [0.1, 0.15) is 47.7 Å². The molecule has 0 aromatic heterocycles. The molecule has 0 aliphatic heterocycles. The lowest BCUT2D eigenvalue weighted by atomic mass is 10.1. The summed E-state index contributed by atoms with van der Waals surface area (Å²) < 4.78 is 0. The second-order valence-corrected chi connectivity index (χ2v) is 5.72. The van der Waals surface area contributed by atoms with Crippen LogP contribution in [0.25, 0.3) is 0 Å². The molecular formula is C17H24N2O3. The van der Waals surface area contributed by atoms with Crippen molar-refractivity contribution in [3.05, 3.63) is 34.9 Å². The van der Waals surface area contributed by atoms with Crippen molar-refractivity contribution in [1.29, 1.82) is 0 Å². The van der Waals surface area contributed by atoms with E-state index in [0.717, 1.165) is 19.3 Å². The van der Waals surface area contributed by atoms with E-state index in [2.05, 4.69) is 10.6 Å². The van der Waals surface area contributed by atoms with Crippen LogP contribution in [0.4, 0.5) is 0 Å². The summed E-state index contributed by atoms with van der Waals surface area (Å²) >= 11 is 0. The second kappa shape index (κ2) is 7.94. The summed E-state index contributed by atoms with van der Waals surface area (Å²) in [6.07, 6.45) is 4.07. The number of hydrogen-bond donors (Lipinski definition) is 3. The van der Waals surface area contributed by atoms with Crippen molar-refractivity contribution in [3.63, 3.8) is 0 Å². The third-order valence-electron chi connectivity index (χ3n) is 4.04. The highest BCUT2D eigenvalue weighted by atomic mass is 16.3. The predicted molar refractivity (Wildman–Crippen MR) is 84.7 cm³/mol. The summed E-state index contributed by atoms with van der Waals surface area (Å²) in [7, 11) is 0. The van der Waals surface area contributed by atoms with Crippen LogP contribution in [0.5, 0.6) is 0 Å². The average molecular weight is 304 g/mol. The maximum absolute atomic E-state index is 12.0. The van der Waals surface area contributed by atoms with Crippen molar-refractivity contribution in [2.45, 2.75) is 45.1 Å². The Hall–Kier alpha value is -1.88. The van der Waals surface area contributed by atoms with Gasteiger partial charge in [0.25, 0.3) is 5.91 Å². The Kier molecular flexibility index (Phi) is 5.95. The van der Waals surface area contributed by atoms with Gasteiger partial charge in [-0.15, -0.1) is 0 Å². The Labute approximate surface area is 131 Å². The maximum atomic E-state index is 12.0. The van der Waals surface area contributed by atoms with E-state index in [9.17, 15) is 14.7 Å². The molecule has 0 heterocycles. The molecule has 1 unspecified atom stereocenters. The molecule has 0 radical (unpaired) electrons. The molecule has 2 rings (SSSR count). The quantitative estimate of drug-likeness (QED) is 0.708. The maximum Gasteiger partial charge on any atom is 0.251 e. The number of aliphatic hydroxyl groups is 1. The number of carbonyl (C=O) groups is 2. The van der Waals surface area contributed by atoms with E-state index in [0.29, 0.717) is 24.9 Å². The summed E-state index contributed by atoms with van der Waals surface area (Å²) in [5.41, 5.74) is 3.17. The van der Waals surface area contributed by atoms with Gasteiger partial charge in [0, 0.05) is 12.1 Å². The van der Waals surface area contributed by atoms with Crippen molar-refractivity contribution >= 4 is 11.8 Å². The van der Waals surface area contributed by atoms with Crippen LogP contribution >= 0.6 is 0 Å². The average Bonchev–Trinajstić information content (AvgIpc) is 2.99. The zero-order chi connectivity index (χ0) is 15.9. The SMILES string of the molecule is CCC(O)CCNC(=O)CNC(=O)c1ccc2c(c1)CCC2. The summed E-state index contributed by atoms with van der Waals surface area (Å²) in [4.78, 5) is 23.7. The van der Waals surface area contributed by atoms with E-state index in [4.69, 9.17) is 0 Å². The lowest BCUT2D eigenvalue weighted by Crippen LogP contribution is -2.37. The molecule has 1 aromatic rings. The van der Waals surface area contributed by atoms with Gasteiger partial charge in [0.15, 0.2) is 0 Å². The van der Waals surface area contributed by atoms with Gasteiger partial charge in [0.1, 0.15) is 0 Å². The molecule has 0 saturated heterocycles. The monoisotopic (exact) mass is 304 g/mol. The molecule has 1 atom stereocenters. The lowest BCUT2D eigenvalue weighted by molar-refractivity contribution is -0.120. The zero-order valence-electron chi connectivity index (χ0n) is 13.0. The Bertz CT molecular complexity index is 543. The molecule has 5 nitrogen and oxygen atoms in total. The molecule has 0 bridgehead atoms. The minimum absolute atomic E-state index is 0.0435. The minimum Gasteiger partial charge on any atom is -0.393 e. The number of aryl methyl sites for hydroxylation is 2. The van der Waals surface area contributed by atoms with E-state index < -0.39 is 0 Å². The Morgan fingerprint density at radius 3 is 2.77 bits per heavy atom. The first-order chi connectivity index (χ1) is 10.6. The van der Waals surface area contributed by atoms with Crippen LogP contribution in [0.2, 0.25) is 0 Å². The van der Waals surface area contributed by atoms with Gasteiger partial charge in [0.05, 0.1) is 12.6 Å². The standard InChI is InChI=1S/C17H24N2O3/c1-2-15(20)8-9-18-16(21)11-19-17(22)14-7-6-12-4-3-5-13(12)10-14/h6-7,10,15,20H,2-5,8-9,11H2,1H3,(H,18,21)(H,19,22). The van der Waals surface area contributed by atoms with Crippen molar-refractivity contribution in [1.82, 2.24) is 10.6 Å². The number of benzene rings is 1. The number of carbonyl (C=O) groups excluding carboxylic acids is 2. The summed E-state index contributed by atoms with van der Waals surface area (Å²) in [6.45, 7) is 2.27. The molecule has 22 heavy (non-hydrogen) atoms. The molecule has 1 aromatic carbocycles. The van der Waals surface area contributed by atoms with E-state index in [1.807, 2.05) is 25.1 Å². The molecule has 2 amide bonds. The van der Waals surface area contributed by atoms with Gasteiger partial charge in [-0.25, -0.2) is 0 Å². The number of fused-ring (bicyclic) bond motifs is 1.